The van der Waals surface area contributed by atoms with Gasteiger partial charge < -0.3 is 5.32 Å². The molecule has 1 N–H and O–H groups in total. The number of halogens is 7. The predicted molar refractivity (Wildman–Crippen MR) is 53.9 cm³/mol. The molecule has 19 heavy (non-hydrogen) atoms. The Kier molecular flexibility index (Phi) is 4.14. The van der Waals surface area contributed by atoms with E-state index in [2.05, 4.69) is 0 Å². The number of hydrogen-bond donors (Lipinski definition) is 1. The molecule has 0 fully saturated rings. The quantitative estimate of drug-likeness (QED) is 0.836. The summed E-state index contributed by atoms with van der Waals surface area (Å²) in [6, 6.07) is -1.80. The molecule has 1 atom stereocenters. The normalized spacial score (nSPS) is 14.6. The van der Waals surface area contributed by atoms with Gasteiger partial charge in [-0.25, -0.2) is 8.78 Å². The van der Waals surface area contributed by atoms with E-state index in [0.29, 0.717) is 12.1 Å². The topological polar surface area (TPSA) is 12.0 Å². The van der Waals surface area contributed by atoms with Gasteiger partial charge in [0.05, 0.1) is 0 Å². The van der Waals surface area contributed by atoms with Crippen LogP contribution in [-0.2, 0) is 0 Å². The second-order valence-corrected chi connectivity index (χ2v) is 3.97. The van der Waals surface area contributed by atoms with Gasteiger partial charge in [0.25, 0.3) is 0 Å². The van der Waals surface area contributed by atoms with E-state index in [-0.39, 0.29) is 5.56 Å². The van der Waals surface area contributed by atoms with Gasteiger partial charge in [-0.1, -0.05) is 0 Å². The lowest BCUT2D eigenvalue weighted by Gasteiger charge is -2.29. The molecule has 1 aromatic rings. The molecule has 0 amide bonds. The van der Waals surface area contributed by atoms with Crippen molar-refractivity contribution in [1.82, 2.24) is 5.32 Å². The smallest absolute Gasteiger partial charge is 0.308 e. The molecule has 1 aromatic carbocycles. The molecular weight excluding hydrogens is 279 g/mol. The van der Waals surface area contributed by atoms with E-state index >= 15 is 0 Å². The van der Waals surface area contributed by atoms with E-state index < -0.39 is 35.3 Å². The highest BCUT2D eigenvalue weighted by Crippen LogP contribution is 2.45. The van der Waals surface area contributed by atoms with Crippen molar-refractivity contribution >= 4 is 0 Å². The summed E-state index contributed by atoms with van der Waals surface area (Å²) in [5.74, 6) is -7.62. The van der Waals surface area contributed by atoms with Crippen LogP contribution in [0.15, 0.2) is 12.1 Å². The van der Waals surface area contributed by atoms with E-state index in [4.69, 9.17) is 0 Å². The van der Waals surface area contributed by atoms with Gasteiger partial charge in [-0.05, 0) is 31.7 Å². The molecule has 108 valence electrons. The van der Waals surface area contributed by atoms with Crippen LogP contribution in [0, 0.1) is 18.6 Å². The van der Waals surface area contributed by atoms with Crippen LogP contribution in [0.4, 0.5) is 30.7 Å². The third kappa shape index (κ3) is 2.83. The Hall–Kier alpha value is -1.31. The lowest BCUT2D eigenvalue weighted by atomic mass is 9.98. The summed E-state index contributed by atoms with van der Waals surface area (Å²) in [5, 5.41) is 1.68. The first kappa shape index (κ1) is 15.7. The number of alkyl halides is 5. The number of nitrogens with one attached hydrogen (secondary N) is 1. The maximum Gasteiger partial charge on any atom is 0.455 e. The highest BCUT2D eigenvalue weighted by atomic mass is 19.4. The highest BCUT2D eigenvalue weighted by molar-refractivity contribution is 5.29. The van der Waals surface area contributed by atoms with Crippen LogP contribution in [0.5, 0.6) is 0 Å². The van der Waals surface area contributed by atoms with E-state index in [9.17, 15) is 30.7 Å². The number of hydrogen-bond acceptors (Lipinski definition) is 1. The molecule has 0 aromatic heterocycles. The maximum absolute atomic E-state index is 13.5. The van der Waals surface area contributed by atoms with Crippen LogP contribution in [0.3, 0.4) is 0 Å². The standard InChI is InChI=1S/C11H10F7N/c1-5-3-8(13)6(4-7(5)12)9(19-2)10(14,15)11(16,17)18/h3-4,9,19H,1-2H3. The van der Waals surface area contributed by atoms with Crippen molar-refractivity contribution in [2.45, 2.75) is 25.1 Å². The fourth-order valence-corrected chi connectivity index (χ4v) is 1.58. The van der Waals surface area contributed by atoms with E-state index in [1.54, 1.807) is 5.32 Å². The van der Waals surface area contributed by atoms with Gasteiger partial charge in [0.15, 0.2) is 0 Å². The molecule has 0 saturated heterocycles. The van der Waals surface area contributed by atoms with Gasteiger partial charge in [0.2, 0.25) is 0 Å². The van der Waals surface area contributed by atoms with Crippen LogP contribution in [0.2, 0.25) is 0 Å². The molecule has 0 spiro atoms. The Morgan fingerprint density at radius 1 is 1.00 bits per heavy atom. The monoisotopic (exact) mass is 289 g/mol. The molecule has 0 aliphatic heterocycles. The number of aryl methyl sites for hydroxylation is 1. The Labute approximate surface area is 104 Å². The fourth-order valence-electron chi connectivity index (χ4n) is 1.58. The first-order chi connectivity index (χ1) is 8.52. The average Bonchev–Trinajstić information content (AvgIpc) is 2.24. The van der Waals surface area contributed by atoms with Crippen molar-refractivity contribution in [3.63, 3.8) is 0 Å². The van der Waals surface area contributed by atoms with E-state index in [1.807, 2.05) is 0 Å². The molecule has 0 bridgehead atoms. The van der Waals surface area contributed by atoms with E-state index in [1.165, 1.54) is 6.92 Å². The van der Waals surface area contributed by atoms with Gasteiger partial charge in [0, 0.05) is 5.56 Å². The lowest BCUT2D eigenvalue weighted by Crippen LogP contribution is -2.47. The minimum absolute atomic E-state index is 0.188. The van der Waals surface area contributed by atoms with Crippen LogP contribution in [-0.4, -0.2) is 19.1 Å². The van der Waals surface area contributed by atoms with Gasteiger partial charge in [-0.3, -0.25) is 0 Å². The summed E-state index contributed by atoms with van der Waals surface area (Å²) in [5.41, 5.74) is -1.26. The zero-order valence-electron chi connectivity index (χ0n) is 9.88. The molecular formula is C11H10F7N. The minimum atomic E-state index is -5.88. The lowest BCUT2D eigenvalue weighted by molar-refractivity contribution is -0.294. The predicted octanol–water partition coefficient (Wildman–Crippen LogP) is 3.73. The van der Waals surface area contributed by atoms with Crippen molar-refractivity contribution in [2.24, 2.45) is 0 Å². The summed E-state index contributed by atoms with van der Waals surface area (Å²) in [4.78, 5) is 0. The summed E-state index contributed by atoms with van der Waals surface area (Å²) < 4.78 is 89.9. The molecule has 1 unspecified atom stereocenters. The van der Waals surface area contributed by atoms with Gasteiger partial charge >= 0.3 is 12.1 Å². The van der Waals surface area contributed by atoms with Crippen molar-refractivity contribution in [2.75, 3.05) is 7.05 Å². The molecule has 0 saturated carbocycles. The Morgan fingerprint density at radius 2 is 1.53 bits per heavy atom. The molecule has 0 aliphatic rings. The van der Waals surface area contributed by atoms with Crippen molar-refractivity contribution in [3.8, 4) is 0 Å². The first-order valence-corrected chi connectivity index (χ1v) is 5.09. The Morgan fingerprint density at radius 3 is 1.95 bits per heavy atom. The Balaban J connectivity index is 3.37. The average molecular weight is 289 g/mol. The van der Waals surface area contributed by atoms with Gasteiger partial charge in [-0.2, -0.15) is 22.0 Å². The van der Waals surface area contributed by atoms with Gasteiger partial charge in [0.1, 0.15) is 17.7 Å². The largest absolute Gasteiger partial charge is 0.455 e. The third-order valence-corrected chi connectivity index (χ3v) is 2.62. The molecule has 0 radical (unpaired) electrons. The molecule has 0 heterocycles. The molecule has 0 aliphatic carbocycles. The van der Waals surface area contributed by atoms with Gasteiger partial charge in [-0.15, -0.1) is 0 Å². The fraction of sp³-hybridized carbons (Fsp3) is 0.455. The first-order valence-electron chi connectivity index (χ1n) is 5.09. The van der Waals surface area contributed by atoms with Crippen molar-refractivity contribution in [3.05, 3.63) is 34.9 Å². The zero-order valence-corrected chi connectivity index (χ0v) is 9.88. The highest BCUT2D eigenvalue weighted by Gasteiger charge is 2.62. The summed E-state index contributed by atoms with van der Waals surface area (Å²) in [6.45, 7) is 1.17. The van der Waals surface area contributed by atoms with Crippen LogP contribution < -0.4 is 5.32 Å². The maximum atomic E-state index is 13.5. The Bertz CT molecular complexity index is 467. The van der Waals surface area contributed by atoms with Crippen LogP contribution in [0.1, 0.15) is 17.2 Å². The second-order valence-electron chi connectivity index (χ2n) is 3.97. The minimum Gasteiger partial charge on any atom is -0.308 e. The SMILES string of the molecule is CNC(c1cc(F)c(C)cc1F)C(F)(F)C(F)(F)F. The third-order valence-electron chi connectivity index (χ3n) is 2.62. The summed E-state index contributed by atoms with van der Waals surface area (Å²) in [7, 11) is 0.807. The van der Waals surface area contributed by atoms with Crippen molar-refractivity contribution in [1.29, 1.82) is 0 Å². The zero-order chi connectivity index (χ0) is 15.0. The van der Waals surface area contributed by atoms with Crippen LogP contribution >= 0.6 is 0 Å². The molecule has 1 nitrogen and oxygen atoms in total. The molecule has 8 heteroatoms. The number of rotatable bonds is 3. The van der Waals surface area contributed by atoms with Crippen molar-refractivity contribution < 1.29 is 30.7 Å². The van der Waals surface area contributed by atoms with Crippen LogP contribution in [0.25, 0.3) is 0 Å². The summed E-state index contributed by atoms with van der Waals surface area (Å²) in [6.07, 6.45) is -5.88. The number of benzene rings is 1. The van der Waals surface area contributed by atoms with E-state index in [0.717, 1.165) is 7.05 Å². The summed E-state index contributed by atoms with van der Waals surface area (Å²) >= 11 is 0. The second kappa shape index (κ2) is 4.99. The molecule has 1 rings (SSSR count).